The number of aryl methyl sites for hydroxylation is 1. The van der Waals surface area contributed by atoms with Crippen LogP contribution in [0.15, 0.2) is 58.2 Å². The van der Waals surface area contributed by atoms with E-state index < -0.39 is 15.9 Å². The van der Waals surface area contributed by atoms with Gasteiger partial charge in [0.25, 0.3) is 11.5 Å². The number of sulfonamides is 1. The van der Waals surface area contributed by atoms with Gasteiger partial charge in [0.2, 0.25) is 10.0 Å². The maximum Gasteiger partial charge on any atom is 0.276 e. The van der Waals surface area contributed by atoms with E-state index in [0.717, 1.165) is 25.7 Å². The molecule has 1 fully saturated rings. The van der Waals surface area contributed by atoms with Crippen LogP contribution in [0.5, 0.6) is 0 Å². The van der Waals surface area contributed by atoms with Crippen LogP contribution in [0.3, 0.4) is 0 Å². The van der Waals surface area contributed by atoms with Gasteiger partial charge in [0, 0.05) is 30.7 Å². The molecular weight excluding hydrogens is 428 g/mol. The monoisotopic (exact) mass is 454 g/mol. The maximum absolute atomic E-state index is 13.0. The second kappa shape index (κ2) is 9.22. The summed E-state index contributed by atoms with van der Waals surface area (Å²) in [5.74, 6) is -0.457. The van der Waals surface area contributed by atoms with Crippen molar-refractivity contribution in [2.24, 2.45) is 0 Å². The largest absolute Gasteiger partial charge is 0.321 e. The van der Waals surface area contributed by atoms with Crippen LogP contribution < -0.4 is 10.9 Å². The van der Waals surface area contributed by atoms with Gasteiger partial charge in [0.05, 0.1) is 10.3 Å². The Morgan fingerprint density at radius 1 is 1.03 bits per heavy atom. The van der Waals surface area contributed by atoms with Gasteiger partial charge < -0.3 is 5.32 Å². The van der Waals surface area contributed by atoms with Crippen molar-refractivity contribution < 1.29 is 13.2 Å². The van der Waals surface area contributed by atoms with Crippen LogP contribution in [0, 0.1) is 0 Å². The number of fused-ring (bicyclic) bond motifs is 1. The Morgan fingerprint density at radius 3 is 2.34 bits per heavy atom. The number of rotatable bonds is 7. The van der Waals surface area contributed by atoms with Gasteiger partial charge in [0.1, 0.15) is 0 Å². The van der Waals surface area contributed by atoms with Crippen molar-refractivity contribution in [1.82, 2.24) is 14.1 Å². The first-order chi connectivity index (χ1) is 15.4. The molecule has 9 heteroatoms. The van der Waals surface area contributed by atoms with Gasteiger partial charge in [-0.1, -0.05) is 31.5 Å². The predicted octanol–water partition coefficient (Wildman–Crippen LogP) is 3.23. The molecular formula is C23H26N4O4S. The number of nitrogens with one attached hydrogen (secondary N) is 1. The SMILES string of the molecule is CCCCn1nc(C(=O)Nc2ccc(S(=O)(=O)N3CCCC3)cc2)c2ccccc2c1=O. The zero-order valence-electron chi connectivity index (χ0n) is 18.0. The maximum atomic E-state index is 13.0. The van der Waals surface area contributed by atoms with Crippen molar-refractivity contribution >= 4 is 32.4 Å². The summed E-state index contributed by atoms with van der Waals surface area (Å²) in [6.45, 7) is 3.53. The van der Waals surface area contributed by atoms with E-state index in [-0.39, 0.29) is 16.1 Å². The van der Waals surface area contributed by atoms with Crippen LogP contribution in [-0.2, 0) is 16.6 Å². The molecule has 1 amide bonds. The van der Waals surface area contributed by atoms with Crippen molar-refractivity contribution in [3.8, 4) is 0 Å². The van der Waals surface area contributed by atoms with E-state index in [4.69, 9.17) is 0 Å². The molecule has 168 valence electrons. The average Bonchev–Trinajstić information content (AvgIpc) is 3.35. The second-order valence-electron chi connectivity index (χ2n) is 7.87. The smallest absolute Gasteiger partial charge is 0.276 e. The molecule has 8 nitrogen and oxygen atoms in total. The Kier molecular flexibility index (Phi) is 6.38. The number of nitrogens with zero attached hydrogens (tertiary/aromatic N) is 3. The first-order valence-corrected chi connectivity index (χ1v) is 12.3. The minimum Gasteiger partial charge on any atom is -0.321 e. The summed E-state index contributed by atoms with van der Waals surface area (Å²) in [7, 11) is -3.51. The van der Waals surface area contributed by atoms with E-state index in [1.807, 2.05) is 6.92 Å². The quantitative estimate of drug-likeness (QED) is 0.591. The topological polar surface area (TPSA) is 101 Å². The molecule has 32 heavy (non-hydrogen) atoms. The van der Waals surface area contributed by atoms with Crippen molar-refractivity contribution in [3.05, 3.63) is 64.6 Å². The van der Waals surface area contributed by atoms with Crippen LogP contribution in [0.4, 0.5) is 5.69 Å². The zero-order valence-corrected chi connectivity index (χ0v) is 18.8. The predicted molar refractivity (Wildman–Crippen MR) is 123 cm³/mol. The third kappa shape index (κ3) is 4.31. The molecule has 2 heterocycles. The molecule has 0 spiro atoms. The highest BCUT2D eigenvalue weighted by molar-refractivity contribution is 7.89. The minimum atomic E-state index is -3.51. The van der Waals surface area contributed by atoms with E-state index >= 15 is 0 Å². The van der Waals surface area contributed by atoms with Gasteiger partial charge in [-0.25, -0.2) is 13.1 Å². The lowest BCUT2D eigenvalue weighted by Crippen LogP contribution is -2.28. The molecule has 0 radical (unpaired) electrons. The standard InChI is InChI=1S/C23H26N4O4S/c1-2-3-16-27-23(29)20-9-5-4-8-19(20)21(25-27)22(28)24-17-10-12-18(13-11-17)32(30,31)26-14-6-7-15-26/h4-5,8-13H,2-3,6-7,14-16H2,1H3,(H,24,28). The van der Waals surface area contributed by atoms with E-state index in [0.29, 0.717) is 36.1 Å². The number of anilines is 1. The molecule has 0 atom stereocenters. The average molecular weight is 455 g/mol. The summed E-state index contributed by atoms with van der Waals surface area (Å²) in [6, 6.07) is 13.0. The highest BCUT2D eigenvalue weighted by Gasteiger charge is 2.27. The Bertz CT molecular complexity index is 1290. The lowest BCUT2D eigenvalue weighted by Gasteiger charge is -2.16. The van der Waals surface area contributed by atoms with Gasteiger partial charge in [-0.15, -0.1) is 0 Å². The molecule has 0 bridgehead atoms. The third-order valence-electron chi connectivity index (χ3n) is 5.62. The number of unbranched alkanes of at least 4 members (excludes halogenated alkanes) is 1. The van der Waals surface area contributed by atoms with Crippen LogP contribution in [0.25, 0.3) is 10.8 Å². The van der Waals surface area contributed by atoms with Gasteiger partial charge in [0.15, 0.2) is 5.69 Å². The van der Waals surface area contributed by atoms with Gasteiger partial charge in [-0.3, -0.25) is 9.59 Å². The fourth-order valence-corrected chi connectivity index (χ4v) is 5.36. The third-order valence-corrected chi connectivity index (χ3v) is 7.53. The normalized spacial score (nSPS) is 14.7. The number of benzene rings is 2. The summed E-state index contributed by atoms with van der Waals surface area (Å²) in [6.07, 6.45) is 3.41. The fourth-order valence-electron chi connectivity index (χ4n) is 3.84. The minimum absolute atomic E-state index is 0.157. The van der Waals surface area contributed by atoms with E-state index in [1.54, 1.807) is 36.4 Å². The van der Waals surface area contributed by atoms with Crippen molar-refractivity contribution in [2.45, 2.75) is 44.0 Å². The van der Waals surface area contributed by atoms with Gasteiger partial charge in [-0.05, 0) is 49.6 Å². The number of hydrogen-bond acceptors (Lipinski definition) is 5. The molecule has 4 rings (SSSR count). The van der Waals surface area contributed by atoms with E-state index in [1.165, 1.54) is 21.1 Å². The Morgan fingerprint density at radius 2 is 1.69 bits per heavy atom. The number of hydrogen-bond donors (Lipinski definition) is 1. The highest BCUT2D eigenvalue weighted by atomic mass is 32.2. The van der Waals surface area contributed by atoms with Gasteiger partial charge >= 0.3 is 0 Å². The Hall–Kier alpha value is -3.04. The molecule has 1 N–H and O–H groups in total. The number of carbonyl (C=O) groups excluding carboxylic acids is 1. The van der Waals surface area contributed by atoms with Crippen LogP contribution >= 0.6 is 0 Å². The number of amides is 1. The summed E-state index contributed by atoms with van der Waals surface area (Å²) >= 11 is 0. The first kappa shape index (κ1) is 22.2. The van der Waals surface area contributed by atoms with Crippen molar-refractivity contribution in [1.29, 1.82) is 0 Å². The molecule has 0 aliphatic carbocycles. The summed E-state index contributed by atoms with van der Waals surface area (Å²) in [5.41, 5.74) is 0.389. The fraction of sp³-hybridized carbons (Fsp3) is 0.348. The van der Waals surface area contributed by atoms with E-state index in [2.05, 4.69) is 10.4 Å². The summed E-state index contributed by atoms with van der Waals surface area (Å²) in [5, 5.41) is 8.03. The van der Waals surface area contributed by atoms with Crippen molar-refractivity contribution in [3.63, 3.8) is 0 Å². The molecule has 1 aromatic heterocycles. The lowest BCUT2D eigenvalue weighted by molar-refractivity contribution is 0.102. The molecule has 1 aliphatic heterocycles. The van der Waals surface area contributed by atoms with E-state index in [9.17, 15) is 18.0 Å². The van der Waals surface area contributed by atoms with Crippen LogP contribution in [-0.4, -0.2) is 41.5 Å². The Balaban J connectivity index is 1.61. The second-order valence-corrected chi connectivity index (χ2v) is 9.80. The molecule has 0 saturated carbocycles. The molecule has 0 unspecified atom stereocenters. The number of carbonyl (C=O) groups is 1. The lowest BCUT2D eigenvalue weighted by atomic mass is 10.1. The summed E-state index contributed by atoms with van der Waals surface area (Å²) < 4.78 is 28.2. The zero-order chi connectivity index (χ0) is 22.7. The summed E-state index contributed by atoms with van der Waals surface area (Å²) in [4.78, 5) is 26.0. The molecule has 1 aliphatic rings. The van der Waals surface area contributed by atoms with Crippen molar-refractivity contribution in [2.75, 3.05) is 18.4 Å². The van der Waals surface area contributed by atoms with Gasteiger partial charge in [-0.2, -0.15) is 9.40 Å². The molecule has 1 saturated heterocycles. The Labute approximate surface area is 186 Å². The molecule has 2 aromatic carbocycles. The molecule has 3 aromatic rings. The van der Waals surface area contributed by atoms with Crippen LogP contribution in [0.2, 0.25) is 0 Å². The number of aromatic nitrogens is 2. The first-order valence-electron chi connectivity index (χ1n) is 10.8. The van der Waals surface area contributed by atoms with Crippen LogP contribution in [0.1, 0.15) is 43.1 Å². The highest BCUT2D eigenvalue weighted by Crippen LogP contribution is 2.23.